The molecule has 16 heavy (non-hydrogen) atoms. The monoisotopic (exact) mass is 241 g/mol. The molecule has 1 unspecified atom stereocenters. The van der Waals surface area contributed by atoms with Crippen molar-refractivity contribution in [3.05, 3.63) is 23.2 Å². The van der Waals surface area contributed by atoms with Crippen molar-refractivity contribution in [1.82, 2.24) is 5.32 Å². The van der Waals surface area contributed by atoms with E-state index in [2.05, 4.69) is 5.32 Å². The molecule has 0 radical (unpaired) electrons. The van der Waals surface area contributed by atoms with Gasteiger partial charge in [-0.1, -0.05) is 11.6 Å². The number of ether oxygens (including phenoxy) is 2. The Bertz CT molecular complexity index is 351. The lowest BCUT2D eigenvalue weighted by Crippen LogP contribution is -2.37. The summed E-state index contributed by atoms with van der Waals surface area (Å²) < 4.78 is 11.0. The second-order valence-electron chi connectivity index (χ2n) is 3.88. The number of benzene rings is 1. The summed E-state index contributed by atoms with van der Waals surface area (Å²) in [5.41, 5.74) is 0. The maximum Gasteiger partial charge on any atom is 0.142 e. The Morgan fingerprint density at radius 2 is 2.31 bits per heavy atom. The molecule has 0 aliphatic carbocycles. The summed E-state index contributed by atoms with van der Waals surface area (Å²) >= 11 is 6.07. The van der Waals surface area contributed by atoms with E-state index in [0.717, 1.165) is 31.7 Å². The molecule has 0 saturated carbocycles. The summed E-state index contributed by atoms with van der Waals surface area (Å²) in [7, 11) is 1.63. The van der Waals surface area contributed by atoms with E-state index >= 15 is 0 Å². The van der Waals surface area contributed by atoms with Gasteiger partial charge in [0.2, 0.25) is 0 Å². The van der Waals surface area contributed by atoms with E-state index in [4.69, 9.17) is 21.1 Å². The molecule has 2 rings (SSSR count). The van der Waals surface area contributed by atoms with Crippen LogP contribution in [0.1, 0.15) is 12.8 Å². The minimum absolute atomic E-state index is 0.207. The highest BCUT2D eigenvalue weighted by atomic mass is 35.5. The Morgan fingerprint density at radius 3 is 3.00 bits per heavy atom. The molecule has 4 heteroatoms. The third kappa shape index (κ3) is 2.80. The number of piperidine rings is 1. The van der Waals surface area contributed by atoms with Crippen molar-refractivity contribution in [3.63, 3.8) is 0 Å². The third-order valence-corrected chi connectivity index (χ3v) is 3.00. The van der Waals surface area contributed by atoms with E-state index in [1.165, 1.54) is 0 Å². The Balaban J connectivity index is 2.06. The van der Waals surface area contributed by atoms with Crippen LogP contribution in [0.2, 0.25) is 5.02 Å². The van der Waals surface area contributed by atoms with Crippen LogP contribution in [-0.2, 0) is 0 Å². The SMILES string of the molecule is COc1ccc(Cl)c(OC2CCCNC2)c1. The van der Waals surface area contributed by atoms with E-state index in [-0.39, 0.29) is 6.10 Å². The zero-order valence-electron chi connectivity index (χ0n) is 9.33. The first-order valence-corrected chi connectivity index (χ1v) is 5.88. The lowest BCUT2D eigenvalue weighted by atomic mass is 10.1. The van der Waals surface area contributed by atoms with E-state index in [9.17, 15) is 0 Å². The van der Waals surface area contributed by atoms with Crippen LogP contribution in [-0.4, -0.2) is 26.3 Å². The molecule has 1 atom stereocenters. The number of halogens is 1. The number of rotatable bonds is 3. The van der Waals surface area contributed by atoms with E-state index in [1.807, 2.05) is 12.1 Å². The van der Waals surface area contributed by atoms with Gasteiger partial charge in [0, 0.05) is 12.6 Å². The first-order chi connectivity index (χ1) is 7.79. The van der Waals surface area contributed by atoms with Crippen LogP contribution in [0.15, 0.2) is 18.2 Å². The average Bonchev–Trinajstić information content (AvgIpc) is 2.33. The summed E-state index contributed by atoms with van der Waals surface area (Å²) in [5, 5.41) is 3.93. The lowest BCUT2D eigenvalue weighted by molar-refractivity contribution is 0.167. The minimum atomic E-state index is 0.207. The Hall–Kier alpha value is -0.930. The highest BCUT2D eigenvalue weighted by Gasteiger charge is 2.16. The molecule has 0 bridgehead atoms. The highest BCUT2D eigenvalue weighted by Crippen LogP contribution is 2.30. The average molecular weight is 242 g/mol. The van der Waals surface area contributed by atoms with Gasteiger partial charge in [0.05, 0.1) is 12.1 Å². The molecule has 1 fully saturated rings. The molecule has 3 nitrogen and oxygen atoms in total. The Labute approximate surface area is 101 Å². The zero-order chi connectivity index (χ0) is 11.4. The standard InChI is InChI=1S/C12H16ClNO2/c1-15-9-4-5-11(13)12(7-9)16-10-3-2-6-14-8-10/h4-5,7,10,14H,2-3,6,8H2,1H3. The van der Waals surface area contributed by atoms with Gasteiger partial charge >= 0.3 is 0 Å². The first-order valence-electron chi connectivity index (χ1n) is 5.50. The molecular formula is C12H16ClNO2. The summed E-state index contributed by atoms with van der Waals surface area (Å²) in [6, 6.07) is 5.46. The van der Waals surface area contributed by atoms with Crippen LogP contribution in [0, 0.1) is 0 Å². The largest absolute Gasteiger partial charge is 0.497 e. The maximum atomic E-state index is 6.07. The van der Waals surface area contributed by atoms with Gasteiger partial charge in [-0.15, -0.1) is 0 Å². The predicted octanol–water partition coefficient (Wildman–Crippen LogP) is 2.48. The second kappa shape index (κ2) is 5.41. The number of hydrogen-bond acceptors (Lipinski definition) is 3. The predicted molar refractivity (Wildman–Crippen MR) is 64.5 cm³/mol. The summed E-state index contributed by atoms with van der Waals surface area (Å²) in [4.78, 5) is 0. The molecule has 0 amide bonds. The molecule has 1 aliphatic heterocycles. The van der Waals surface area contributed by atoms with Gasteiger partial charge in [0.1, 0.15) is 17.6 Å². The number of methoxy groups -OCH3 is 1. The smallest absolute Gasteiger partial charge is 0.142 e. The molecule has 1 aromatic rings. The van der Waals surface area contributed by atoms with Gasteiger partial charge in [-0.3, -0.25) is 0 Å². The topological polar surface area (TPSA) is 30.5 Å². The van der Waals surface area contributed by atoms with Crippen molar-refractivity contribution >= 4 is 11.6 Å². The van der Waals surface area contributed by atoms with Crippen LogP contribution in [0.5, 0.6) is 11.5 Å². The molecule has 1 aromatic carbocycles. The van der Waals surface area contributed by atoms with Crippen LogP contribution in [0.4, 0.5) is 0 Å². The minimum Gasteiger partial charge on any atom is -0.497 e. The van der Waals surface area contributed by atoms with Crippen molar-refractivity contribution in [2.45, 2.75) is 18.9 Å². The molecule has 88 valence electrons. The van der Waals surface area contributed by atoms with Crippen LogP contribution < -0.4 is 14.8 Å². The highest BCUT2D eigenvalue weighted by molar-refractivity contribution is 6.32. The summed E-state index contributed by atoms with van der Waals surface area (Å²) in [5.74, 6) is 1.47. The van der Waals surface area contributed by atoms with E-state index < -0.39 is 0 Å². The van der Waals surface area contributed by atoms with Crippen molar-refractivity contribution < 1.29 is 9.47 Å². The van der Waals surface area contributed by atoms with Gasteiger partial charge in [-0.25, -0.2) is 0 Å². The fraction of sp³-hybridized carbons (Fsp3) is 0.500. The van der Waals surface area contributed by atoms with Crippen LogP contribution in [0.3, 0.4) is 0 Å². The molecule has 1 N–H and O–H groups in total. The normalized spacial score (nSPS) is 20.5. The quantitative estimate of drug-likeness (QED) is 0.882. The molecule has 0 spiro atoms. The molecule has 1 saturated heterocycles. The van der Waals surface area contributed by atoms with Crippen molar-refractivity contribution in [3.8, 4) is 11.5 Å². The fourth-order valence-corrected chi connectivity index (χ4v) is 1.96. The van der Waals surface area contributed by atoms with Crippen molar-refractivity contribution in [1.29, 1.82) is 0 Å². The van der Waals surface area contributed by atoms with Gasteiger partial charge in [0.15, 0.2) is 0 Å². The van der Waals surface area contributed by atoms with Crippen molar-refractivity contribution in [2.24, 2.45) is 0 Å². The Kier molecular flexibility index (Phi) is 3.91. The Morgan fingerprint density at radius 1 is 1.44 bits per heavy atom. The van der Waals surface area contributed by atoms with Crippen LogP contribution >= 0.6 is 11.6 Å². The first kappa shape index (κ1) is 11.6. The van der Waals surface area contributed by atoms with Crippen molar-refractivity contribution in [2.75, 3.05) is 20.2 Å². The van der Waals surface area contributed by atoms with Gasteiger partial charge < -0.3 is 14.8 Å². The molecule has 1 aliphatic rings. The molecule has 1 heterocycles. The fourth-order valence-electron chi connectivity index (χ4n) is 1.80. The third-order valence-electron chi connectivity index (χ3n) is 2.68. The molecular weight excluding hydrogens is 226 g/mol. The maximum absolute atomic E-state index is 6.07. The van der Waals surface area contributed by atoms with Crippen LogP contribution in [0.25, 0.3) is 0 Å². The second-order valence-corrected chi connectivity index (χ2v) is 4.29. The van der Waals surface area contributed by atoms with E-state index in [1.54, 1.807) is 13.2 Å². The zero-order valence-corrected chi connectivity index (χ0v) is 10.1. The lowest BCUT2D eigenvalue weighted by Gasteiger charge is -2.24. The number of hydrogen-bond donors (Lipinski definition) is 1. The number of nitrogens with one attached hydrogen (secondary N) is 1. The summed E-state index contributed by atoms with van der Waals surface area (Å²) in [6.45, 7) is 1.96. The van der Waals surface area contributed by atoms with Gasteiger partial charge in [0.25, 0.3) is 0 Å². The van der Waals surface area contributed by atoms with Gasteiger partial charge in [-0.2, -0.15) is 0 Å². The van der Waals surface area contributed by atoms with E-state index in [0.29, 0.717) is 10.8 Å². The summed E-state index contributed by atoms with van der Waals surface area (Å²) in [6.07, 6.45) is 2.42. The molecule has 0 aromatic heterocycles. The van der Waals surface area contributed by atoms with Gasteiger partial charge in [-0.05, 0) is 31.5 Å².